The van der Waals surface area contributed by atoms with E-state index in [0.29, 0.717) is 22.3 Å². The van der Waals surface area contributed by atoms with Crippen molar-refractivity contribution in [2.75, 3.05) is 74.0 Å². The van der Waals surface area contributed by atoms with Gasteiger partial charge in [0.25, 0.3) is 0 Å². The number of primary amides is 2. The van der Waals surface area contributed by atoms with Crippen LogP contribution in [0.2, 0.25) is 0 Å². The minimum Gasteiger partial charge on any atom is -0.508 e. The van der Waals surface area contributed by atoms with Gasteiger partial charge in [-0.15, -0.1) is 47.0 Å². The topological polar surface area (TPSA) is 819 Å². The molecule has 4 aromatic rings. The molecule has 0 spiro atoms. The second-order valence-electron chi connectivity index (χ2n) is 34.4. The van der Waals surface area contributed by atoms with Crippen LogP contribution in [0, 0.1) is 0 Å². The van der Waals surface area contributed by atoms with Crippen LogP contribution in [0.25, 0.3) is 0 Å². The van der Waals surface area contributed by atoms with E-state index in [2.05, 4.69) is 53.2 Å². The average molecular weight is 2150 g/mol. The highest BCUT2D eigenvalue weighted by atomic mass is 33.1. The molecule has 4 aliphatic rings. The van der Waals surface area contributed by atoms with Gasteiger partial charge in [-0.25, -0.2) is 0 Å². The van der Waals surface area contributed by atoms with Gasteiger partial charge in [0.1, 0.15) is 191 Å². The van der Waals surface area contributed by atoms with Gasteiger partial charge >= 0.3 is 0 Å². The summed E-state index contributed by atoms with van der Waals surface area (Å²) in [5, 5.41) is 231. The quantitative estimate of drug-likeness (QED) is 0.0144. The zero-order valence-electron chi connectivity index (χ0n) is 77.9. The zero-order valence-corrected chi connectivity index (χ0v) is 82.8. The normalized spacial score (nSPS) is 25.9. The highest BCUT2D eigenvalue weighted by Crippen LogP contribution is 2.35. The number of amides is 12. The highest BCUT2D eigenvalue weighted by molar-refractivity contribution is 8.76. The largest absolute Gasteiger partial charge is 0.508 e. The van der Waals surface area contributed by atoms with Gasteiger partial charge in [-0.2, -0.15) is 0 Å². The molecule has 8 rings (SSSR count). The molecule has 34 N–H and O–H groups in total. The molecule has 4 saturated heterocycles. The third-order valence-corrected chi connectivity index (χ3v) is 30.6. The van der Waals surface area contributed by atoms with Crippen molar-refractivity contribution < 1.29 is 179 Å². The molecule has 0 saturated carbocycles. The summed E-state index contributed by atoms with van der Waals surface area (Å²) in [4.78, 5) is 169. The Morgan fingerprint density at radius 3 is 0.715 bits per heavy atom. The lowest BCUT2D eigenvalue weighted by Crippen LogP contribution is -2.57. The number of hydrogen-bond acceptors (Lipinski definition) is 42. The predicted molar refractivity (Wildman–Crippen MR) is 523 cm³/mol. The van der Waals surface area contributed by atoms with E-state index in [4.69, 9.17) is 30.4 Å². The second kappa shape index (κ2) is 61.1. The Labute approximate surface area is 851 Å². The van der Waals surface area contributed by atoms with Gasteiger partial charge in [0.2, 0.25) is 70.9 Å². The minimum absolute atomic E-state index is 0.0180. The fourth-order valence-electron chi connectivity index (χ4n) is 15.1. The van der Waals surface area contributed by atoms with Crippen LogP contribution in [-0.4, -0.2) is 415 Å². The summed E-state index contributed by atoms with van der Waals surface area (Å²) in [6.07, 6.45) is -27.5. The van der Waals surface area contributed by atoms with Gasteiger partial charge < -0.3 is 186 Å². The average Bonchev–Trinajstić information content (AvgIpc) is 0.823. The number of unbranched alkanes of at least 4 members (excludes halogenated alkanes) is 2. The van der Waals surface area contributed by atoms with Crippen LogP contribution in [0.4, 0.5) is 0 Å². The lowest BCUT2D eigenvalue weighted by molar-refractivity contribution is -0.205. The molecule has 54 heteroatoms. The van der Waals surface area contributed by atoms with E-state index < -0.39 is 277 Å². The number of phenols is 4. The van der Waals surface area contributed by atoms with Crippen LogP contribution in [0.15, 0.2) is 97.1 Å². The third kappa shape index (κ3) is 38.3. The van der Waals surface area contributed by atoms with Crippen LogP contribution >= 0.6 is 68.6 Å². The molecule has 0 radical (unpaired) electrons. The number of rotatable bonds is 59. The number of carbonyl (C=O) groups is 12. The number of aliphatic hydroxyl groups is 16. The van der Waals surface area contributed by atoms with Crippen molar-refractivity contribution in [3.8, 4) is 23.0 Å². The Kier molecular flexibility index (Phi) is 51.0. The number of phenolic OH excluding ortho intramolecular Hbond substituents is 4. The Morgan fingerprint density at radius 1 is 0.278 bits per heavy atom. The van der Waals surface area contributed by atoms with E-state index in [-0.39, 0.29) is 149 Å². The summed E-state index contributed by atoms with van der Waals surface area (Å²) >= 11 is 3.48. The zero-order chi connectivity index (χ0) is 106. The van der Waals surface area contributed by atoms with Crippen molar-refractivity contribution in [3.05, 3.63) is 119 Å². The Hall–Kier alpha value is -8.98. The first-order valence-electron chi connectivity index (χ1n) is 46.2. The molecule has 4 aliphatic heterocycles. The lowest BCUT2D eigenvalue weighted by Gasteiger charge is -2.39. The number of nitrogens with two attached hydrogens (primary N) is 2. The van der Waals surface area contributed by atoms with Crippen molar-refractivity contribution in [1.82, 2.24) is 53.2 Å². The van der Waals surface area contributed by atoms with Gasteiger partial charge in [0.15, 0.2) is 0 Å². The molecular weight excluding hydrogens is 2020 g/mol. The number of thioether (sulfide) groups is 4. The van der Waals surface area contributed by atoms with E-state index >= 15 is 0 Å². The van der Waals surface area contributed by atoms with Gasteiger partial charge in [-0.3, -0.25) is 57.5 Å². The van der Waals surface area contributed by atoms with Crippen LogP contribution in [0.5, 0.6) is 23.0 Å². The molecule has 4 heterocycles. The fraction of sp³-hybridized carbons (Fsp3) is 0.600. The van der Waals surface area contributed by atoms with E-state index in [0.717, 1.165) is 68.6 Å². The molecule has 0 aromatic heterocycles. The number of aliphatic hydroxyl groups excluding tert-OH is 16. The summed E-state index contributed by atoms with van der Waals surface area (Å²) in [5.41, 5.74) is 8.82. The number of nitrogens with one attached hydrogen (secondary N) is 10. The van der Waals surface area contributed by atoms with E-state index in [1.54, 1.807) is 0 Å². The van der Waals surface area contributed by atoms with Gasteiger partial charge in [0, 0.05) is 99.0 Å². The summed E-state index contributed by atoms with van der Waals surface area (Å²) in [7, 11) is 1.64. The second-order valence-corrected chi connectivity index (χ2v) is 41.8. The molecular formula is C90H130N12O36S6. The molecule has 4 aromatic carbocycles. The number of aromatic hydroxyl groups is 4. The van der Waals surface area contributed by atoms with Crippen LogP contribution < -0.4 is 64.6 Å². The number of ether oxygens (including phenoxy) is 4. The van der Waals surface area contributed by atoms with Crippen molar-refractivity contribution in [2.24, 2.45) is 11.5 Å². The fourth-order valence-corrected chi connectivity index (χ4v) is 21.9. The van der Waals surface area contributed by atoms with Crippen molar-refractivity contribution in [3.63, 3.8) is 0 Å². The van der Waals surface area contributed by atoms with Crippen LogP contribution in [0.1, 0.15) is 86.5 Å². The Morgan fingerprint density at radius 2 is 0.493 bits per heavy atom. The van der Waals surface area contributed by atoms with Crippen molar-refractivity contribution in [2.45, 2.75) is 258 Å². The molecule has 802 valence electrons. The number of carbonyl (C=O) groups excluding carboxylic acids is 12. The summed E-state index contributed by atoms with van der Waals surface area (Å²) in [6, 6.07) is 10.4. The molecule has 12 amide bonds. The maximum Gasteiger partial charge on any atom is 0.243 e. The first-order valence-corrected chi connectivity index (χ1v) is 52.9. The van der Waals surface area contributed by atoms with Crippen molar-refractivity contribution >= 4 is 140 Å². The monoisotopic (exact) mass is 2150 g/mol. The summed E-state index contributed by atoms with van der Waals surface area (Å²) < 4.78 is 22.2. The summed E-state index contributed by atoms with van der Waals surface area (Å²) in [6.45, 7) is -3.14. The molecule has 4 fully saturated rings. The molecule has 0 bridgehead atoms. The van der Waals surface area contributed by atoms with E-state index in [9.17, 15) is 160 Å². The standard InChI is InChI=1S/C90H130N12O36S6/c91-79(127)57(101-83(131)51(99-85(133)55(35-45-11-19-49(109)20-12-45)97-65(113)25-31-141-89-77(125)73(121)69(117)61(39-105)137-89)5-1-3-27-93-81(129)53(33-43-7-15-47(107)16-8-43)95-63(111)23-29-139-87-75(123)71(119)67(115)59(37-103)135-87)41-143-144-42-58(80(92)128)102-84(132)52(100-86(134)56(36-46-13-21-50(110)22-14-46)98-66(114)26-32-142-90-78(126)74(122)70(118)62(40-106)138-90)6-2-4-28-94-82(130)54(34-44-9-17-48(108)18-10-44)96-64(112)24-30-140-88-76(124)72(120)68(116)60(38-104)136-88/h7-22,51-62,67-78,87-90,103-110,115-126H,1-6,23-42H2,(H2,91,127)(H2,92,128)(H,93,129)(H,94,130)(H,95,111)(H,96,112)(H,97,113)(H,98,114)(H,99,133)(H,100,134)(H,101,131)(H,102,132)/t51-,52-,53-,54-,55-,56-,57-,58-,59+,60+,61-,62-,67+,68+,69-,70-,71-,72-,73+,74+,75-,76-,77+,78+,87+,88+,89-,90-/m0/s1. The van der Waals surface area contributed by atoms with Crippen LogP contribution in [-0.2, 0) is 102 Å². The van der Waals surface area contributed by atoms with Crippen molar-refractivity contribution in [1.29, 1.82) is 0 Å². The molecule has 0 unspecified atom stereocenters. The Balaban J connectivity index is 0.977. The molecule has 144 heavy (non-hydrogen) atoms. The first-order chi connectivity index (χ1) is 68.6. The SMILES string of the molecule is NC(=O)[C@H](CSSC[C@H](NC(=O)[C@H](CCCCNC(=O)[C@H](Cc1ccc(O)cc1)NC(=O)CCS[C@H]1O[C@H](CO)[C@@H](O)[C@H](O)[C@@H]1O)NC(=O)[C@H](Cc1ccc(O)cc1)NC(=O)CCS[C@@H]1O[C@@H](CO)[C@H](O)[C@@H](O)[C@H]1O)C(N)=O)NC(=O)[C@H](CCCCNC(=O)[C@H](Cc1ccc(O)cc1)NC(=O)CCS[C@H]1O[C@H](CO)[C@@H](O)[C@H](O)[C@@H]1O)NC(=O)[C@H](Cc1ccc(O)cc1)NC(=O)CCS[C@@H]1O[C@@H](CO)[C@H](O)[C@@H](O)[C@H]1O. The Bertz CT molecular complexity index is 4450. The molecule has 28 atom stereocenters. The lowest BCUT2D eigenvalue weighted by atomic mass is 10.0. The molecule has 48 nitrogen and oxygen atoms in total. The third-order valence-electron chi connectivity index (χ3n) is 23.5. The van der Waals surface area contributed by atoms with Gasteiger partial charge in [-0.1, -0.05) is 70.1 Å². The first kappa shape index (κ1) is 120. The number of benzene rings is 4. The smallest absolute Gasteiger partial charge is 0.243 e. The maximum absolute atomic E-state index is 14.9. The number of hydrogen-bond donors (Lipinski definition) is 32. The van der Waals surface area contributed by atoms with Gasteiger partial charge in [-0.05, 0) is 109 Å². The minimum atomic E-state index is -1.73. The van der Waals surface area contributed by atoms with E-state index in [1.165, 1.54) is 97.1 Å². The van der Waals surface area contributed by atoms with Crippen LogP contribution in [0.3, 0.4) is 0 Å². The maximum atomic E-state index is 14.9. The summed E-state index contributed by atoms with van der Waals surface area (Å²) in [5.74, 6) is -12.3. The highest BCUT2D eigenvalue weighted by Gasteiger charge is 2.48. The predicted octanol–water partition coefficient (Wildman–Crippen LogP) is -8.72. The van der Waals surface area contributed by atoms with E-state index in [1.807, 2.05) is 0 Å². The van der Waals surface area contributed by atoms with Gasteiger partial charge in [0.05, 0.1) is 26.4 Å². The molecule has 0 aliphatic carbocycles.